The molecule has 0 aromatic heterocycles. The van der Waals surface area contributed by atoms with E-state index in [1.54, 1.807) is 6.07 Å². The van der Waals surface area contributed by atoms with Gasteiger partial charge in [-0.2, -0.15) is 0 Å². The first-order chi connectivity index (χ1) is 8.04. The predicted octanol–water partition coefficient (Wildman–Crippen LogP) is 2.12. The molecule has 1 aromatic carbocycles. The van der Waals surface area contributed by atoms with E-state index in [1.165, 1.54) is 0 Å². The lowest BCUT2D eigenvalue weighted by Gasteiger charge is -2.14. The first-order valence-corrected chi connectivity index (χ1v) is 5.66. The zero-order chi connectivity index (χ0) is 12.8. The molecule has 0 fully saturated rings. The van der Waals surface area contributed by atoms with E-state index in [0.717, 1.165) is 18.4 Å². The maximum atomic E-state index is 7.58. The smallest absolute Gasteiger partial charge is 0.199 e. The summed E-state index contributed by atoms with van der Waals surface area (Å²) >= 11 is 6.07. The lowest BCUT2D eigenvalue weighted by atomic mass is 10.1. The summed E-state index contributed by atoms with van der Waals surface area (Å²) in [5.41, 5.74) is 6.87. The van der Waals surface area contributed by atoms with Crippen LogP contribution in [0.4, 0.5) is 5.69 Å². The van der Waals surface area contributed by atoms with Crippen LogP contribution in [-0.2, 0) is 6.42 Å². The molecule has 0 aliphatic heterocycles. The van der Waals surface area contributed by atoms with Gasteiger partial charge in [0.2, 0.25) is 0 Å². The van der Waals surface area contributed by atoms with Gasteiger partial charge in [-0.25, -0.2) is 0 Å². The average molecular weight is 254 g/mol. The number of benzene rings is 1. The molecule has 17 heavy (non-hydrogen) atoms. The van der Waals surface area contributed by atoms with Crippen LogP contribution >= 0.6 is 11.6 Å². The zero-order valence-electron chi connectivity index (χ0n) is 9.60. The molecule has 0 unspecified atom stereocenters. The van der Waals surface area contributed by atoms with Crippen LogP contribution in [-0.4, -0.2) is 11.9 Å². The molecule has 0 heterocycles. The molecular formula is C11H16ClN5. The minimum absolute atomic E-state index is 0.0667. The number of guanidine groups is 2. The molecule has 0 atom stereocenters. The number of rotatable bonds is 3. The molecule has 0 radical (unpaired) electrons. The molecule has 6 heteroatoms. The van der Waals surface area contributed by atoms with Gasteiger partial charge in [-0.3, -0.25) is 16.1 Å². The Kier molecular flexibility index (Phi) is 4.78. The van der Waals surface area contributed by atoms with Crippen LogP contribution in [0, 0.1) is 10.8 Å². The van der Waals surface area contributed by atoms with Crippen molar-refractivity contribution < 1.29 is 0 Å². The molecule has 1 rings (SSSR count). The van der Waals surface area contributed by atoms with Gasteiger partial charge in [-0.05, 0) is 18.1 Å². The summed E-state index contributed by atoms with van der Waals surface area (Å²) in [6.45, 7) is 2.07. The Labute approximate surface area is 105 Å². The minimum atomic E-state index is -0.286. The number of nitrogens with one attached hydrogen (secondary N) is 4. The number of anilines is 1. The average Bonchev–Trinajstić information content (AvgIpc) is 2.22. The summed E-state index contributed by atoms with van der Waals surface area (Å²) in [7, 11) is 0. The third-order valence-corrected chi connectivity index (χ3v) is 2.44. The van der Waals surface area contributed by atoms with Crippen LogP contribution in [0.1, 0.15) is 18.9 Å². The van der Waals surface area contributed by atoms with Crippen LogP contribution in [0.15, 0.2) is 18.2 Å². The third-order valence-electron chi connectivity index (χ3n) is 2.13. The molecule has 92 valence electrons. The molecule has 1 aromatic rings. The van der Waals surface area contributed by atoms with Gasteiger partial charge in [0.25, 0.3) is 0 Å². The summed E-state index contributed by atoms with van der Waals surface area (Å²) in [6, 6.07) is 5.59. The van der Waals surface area contributed by atoms with Gasteiger partial charge in [-0.1, -0.05) is 37.1 Å². The van der Waals surface area contributed by atoms with Crippen molar-refractivity contribution in [1.82, 2.24) is 5.32 Å². The van der Waals surface area contributed by atoms with Gasteiger partial charge < -0.3 is 11.1 Å². The highest BCUT2D eigenvalue weighted by Crippen LogP contribution is 2.26. The molecule has 0 bridgehead atoms. The molecule has 6 N–H and O–H groups in total. The van der Waals surface area contributed by atoms with Crippen LogP contribution in [0.5, 0.6) is 0 Å². The second-order valence-corrected chi connectivity index (χ2v) is 3.97. The highest BCUT2D eigenvalue weighted by atomic mass is 35.5. The Bertz CT molecular complexity index is 430. The van der Waals surface area contributed by atoms with Gasteiger partial charge in [-0.15, -0.1) is 0 Å². The largest absolute Gasteiger partial charge is 0.370 e. The number of aryl methyl sites for hydroxylation is 1. The van der Waals surface area contributed by atoms with E-state index in [9.17, 15) is 0 Å². The fraction of sp³-hybridized carbons (Fsp3) is 0.273. The zero-order valence-corrected chi connectivity index (χ0v) is 10.4. The van der Waals surface area contributed by atoms with E-state index in [1.807, 2.05) is 12.1 Å². The normalized spacial score (nSPS) is 9.76. The topological polar surface area (TPSA) is 97.8 Å². The van der Waals surface area contributed by atoms with E-state index in [0.29, 0.717) is 10.7 Å². The predicted molar refractivity (Wildman–Crippen MR) is 71.8 cm³/mol. The van der Waals surface area contributed by atoms with Crippen LogP contribution in [0.3, 0.4) is 0 Å². The summed E-state index contributed by atoms with van der Waals surface area (Å²) in [5, 5.41) is 20.3. The standard InChI is InChI=1S/C11H16ClN5/c1-2-4-7-5-3-6-8(12)9(7)16-11(15)17-10(13)14/h3,5-6H,2,4H2,1H3,(H6,13,14,15,16,17). The Hall–Kier alpha value is -1.75. The van der Waals surface area contributed by atoms with Crippen LogP contribution < -0.4 is 16.4 Å². The van der Waals surface area contributed by atoms with Crippen molar-refractivity contribution in [3.63, 3.8) is 0 Å². The SMILES string of the molecule is CCCc1cccc(Cl)c1NC(=N)NC(=N)N. The fourth-order valence-electron chi connectivity index (χ4n) is 1.48. The summed E-state index contributed by atoms with van der Waals surface area (Å²) in [6.07, 6.45) is 1.86. The van der Waals surface area contributed by atoms with E-state index in [4.69, 9.17) is 28.2 Å². The lowest BCUT2D eigenvalue weighted by Crippen LogP contribution is -2.39. The third kappa shape index (κ3) is 3.96. The molecular weight excluding hydrogens is 238 g/mol. The van der Waals surface area contributed by atoms with Crippen molar-refractivity contribution >= 4 is 29.2 Å². The van der Waals surface area contributed by atoms with E-state index in [2.05, 4.69) is 17.6 Å². The maximum Gasteiger partial charge on any atom is 0.199 e. The molecule has 0 aliphatic carbocycles. The lowest BCUT2D eigenvalue weighted by molar-refractivity contribution is 0.923. The van der Waals surface area contributed by atoms with Gasteiger partial charge in [0.15, 0.2) is 11.9 Å². The fourth-order valence-corrected chi connectivity index (χ4v) is 1.72. The molecule has 5 nitrogen and oxygen atoms in total. The van der Waals surface area contributed by atoms with E-state index < -0.39 is 0 Å². The molecule has 0 spiro atoms. The van der Waals surface area contributed by atoms with Crippen molar-refractivity contribution in [3.8, 4) is 0 Å². The number of para-hydroxylation sites is 1. The summed E-state index contributed by atoms with van der Waals surface area (Å²) in [4.78, 5) is 0. The van der Waals surface area contributed by atoms with Crippen molar-refractivity contribution in [2.24, 2.45) is 5.73 Å². The van der Waals surface area contributed by atoms with Gasteiger partial charge in [0.05, 0.1) is 10.7 Å². The molecule has 0 saturated heterocycles. The number of nitrogens with two attached hydrogens (primary N) is 1. The monoisotopic (exact) mass is 253 g/mol. The minimum Gasteiger partial charge on any atom is -0.370 e. The Morgan fingerprint density at radius 2 is 2.12 bits per heavy atom. The van der Waals surface area contributed by atoms with Crippen molar-refractivity contribution in [2.45, 2.75) is 19.8 Å². The Balaban J connectivity index is 2.88. The maximum absolute atomic E-state index is 7.58. The number of halogens is 1. The Morgan fingerprint density at radius 1 is 1.41 bits per heavy atom. The summed E-state index contributed by atoms with van der Waals surface area (Å²) in [5.74, 6) is -0.352. The van der Waals surface area contributed by atoms with E-state index in [-0.39, 0.29) is 11.9 Å². The van der Waals surface area contributed by atoms with Gasteiger partial charge >= 0.3 is 0 Å². The van der Waals surface area contributed by atoms with E-state index >= 15 is 0 Å². The molecule has 0 amide bonds. The van der Waals surface area contributed by atoms with Crippen molar-refractivity contribution in [1.29, 1.82) is 10.8 Å². The van der Waals surface area contributed by atoms with Crippen LogP contribution in [0.2, 0.25) is 5.02 Å². The number of hydrogen-bond acceptors (Lipinski definition) is 2. The first kappa shape index (κ1) is 13.3. The van der Waals surface area contributed by atoms with Gasteiger partial charge in [0.1, 0.15) is 0 Å². The van der Waals surface area contributed by atoms with Crippen molar-refractivity contribution in [3.05, 3.63) is 28.8 Å². The first-order valence-electron chi connectivity index (χ1n) is 5.28. The van der Waals surface area contributed by atoms with Gasteiger partial charge in [0, 0.05) is 0 Å². The Morgan fingerprint density at radius 3 is 2.71 bits per heavy atom. The summed E-state index contributed by atoms with van der Waals surface area (Å²) < 4.78 is 0. The quantitative estimate of drug-likeness (QED) is 0.422. The molecule has 0 saturated carbocycles. The second-order valence-electron chi connectivity index (χ2n) is 3.56. The highest BCUT2D eigenvalue weighted by molar-refractivity contribution is 6.34. The van der Waals surface area contributed by atoms with Crippen LogP contribution in [0.25, 0.3) is 0 Å². The molecule has 0 aliphatic rings. The second kappa shape index (κ2) is 6.10. The highest BCUT2D eigenvalue weighted by Gasteiger charge is 2.08. The number of hydrogen-bond donors (Lipinski definition) is 5. The van der Waals surface area contributed by atoms with Crippen molar-refractivity contribution in [2.75, 3.05) is 5.32 Å².